The number of carbonyl (C=O) groups is 1. The molecule has 2 aromatic rings. The van der Waals surface area contributed by atoms with Crippen molar-refractivity contribution >= 4 is 33.8 Å². The highest BCUT2D eigenvalue weighted by Gasteiger charge is 2.30. The van der Waals surface area contributed by atoms with Crippen LogP contribution in [-0.2, 0) is 11.3 Å². The van der Waals surface area contributed by atoms with E-state index >= 15 is 0 Å². The van der Waals surface area contributed by atoms with E-state index in [0.29, 0.717) is 11.8 Å². The monoisotopic (exact) mass is 390 g/mol. The zero-order valence-corrected chi connectivity index (χ0v) is 15.4. The number of hydrogen-bond acceptors (Lipinski definition) is 5. The van der Waals surface area contributed by atoms with E-state index in [-0.39, 0.29) is 24.8 Å². The number of fused-ring (bicyclic) bond motifs is 1. The second-order valence-electron chi connectivity index (χ2n) is 5.98. The number of hydrogen-bond donors (Lipinski definition) is 1. The molecular formula is C17H19BrN4O2. The number of ether oxygens (including phenoxy) is 1. The van der Waals surface area contributed by atoms with E-state index in [4.69, 9.17) is 4.74 Å². The van der Waals surface area contributed by atoms with Crippen molar-refractivity contribution in [2.24, 2.45) is 0 Å². The van der Waals surface area contributed by atoms with E-state index in [1.165, 1.54) is 0 Å². The molecule has 1 aromatic carbocycles. The average Bonchev–Trinajstić information content (AvgIpc) is 2.54. The third kappa shape index (κ3) is 3.36. The molecule has 6 nitrogen and oxygen atoms in total. The fraction of sp³-hybridized carbons (Fsp3) is 0.353. The van der Waals surface area contributed by atoms with Crippen molar-refractivity contribution in [2.45, 2.75) is 39.5 Å². The lowest BCUT2D eigenvalue weighted by atomic mass is 10.1. The lowest BCUT2D eigenvalue weighted by molar-refractivity contribution is 0.139. The molecule has 1 aliphatic heterocycles. The minimum absolute atomic E-state index is 0.0387. The molecule has 0 spiro atoms. The van der Waals surface area contributed by atoms with Crippen LogP contribution in [0.4, 0.5) is 16.6 Å². The average molecular weight is 391 g/mol. The molecule has 1 aromatic heterocycles. The van der Waals surface area contributed by atoms with Crippen molar-refractivity contribution in [3.63, 3.8) is 0 Å². The van der Waals surface area contributed by atoms with Crippen LogP contribution in [0.3, 0.4) is 0 Å². The molecule has 126 valence electrons. The number of anilines is 2. The first kappa shape index (κ1) is 16.7. The number of benzene rings is 1. The van der Waals surface area contributed by atoms with Crippen molar-refractivity contribution in [3.8, 4) is 0 Å². The summed E-state index contributed by atoms with van der Waals surface area (Å²) in [5, 5.41) is 3.29. The molecule has 0 bridgehead atoms. The Morgan fingerprint density at radius 1 is 1.25 bits per heavy atom. The van der Waals surface area contributed by atoms with Crippen LogP contribution in [0.15, 0.2) is 34.9 Å². The first-order valence-electron chi connectivity index (χ1n) is 7.79. The van der Waals surface area contributed by atoms with Gasteiger partial charge in [-0.1, -0.05) is 28.1 Å². The maximum atomic E-state index is 12.0. The summed E-state index contributed by atoms with van der Waals surface area (Å²) in [6, 6.07) is 8.08. The summed E-state index contributed by atoms with van der Waals surface area (Å²) < 4.78 is 6.20. The van der Waals surface area contributed by atoms with Gasteiger partial charge in [0.1, 0.15) is 12.4 Å². The predicted octanol–water partition coefficient (Wildman–Crippen LogP) is 4.28. The van der Waals surface area contributed by atoms with Crippen LogP contribution in [-0.4, -0.2) is 22.1 Å². The fourth-order valence-electron chi connectivity index (χ4n) is 2.56. The molecule has 0 fully saturated rings. The van der Waals surface area contributed by atoms with Gasteiger partial charge in [0.2, 0.25) is 5.95 Å². The molecule has 0 aliphatic carbocycles. The van der Waals surface area contributed by atoms with Gasteiger partial charge in [-0.2, -0.15) is 4.98 Å². The van der Waals surface area contributed by atoms with E-state index in [1.54, 1.807) is 11.1 Å². The predicted molar refractivity (Wildman–Crippen MR) is 96.0 cm³/mol. The second-order valence-corrected chi connectivity index (χ2v) is 6.89. The number of aromatic nitrogens is 2. The van der Waals surface area contributed by atoms with Gasteiger partial charge in [-0.3, -0.25) is 4.90 Å². The summed E-state index contributed by atoms with van der Waals surface area (Å²) >= 11 is 3.43. The molecule has 1 amide bonds. The molecule has 3 rings (SSSR count). The largest absolute Gasteiger partial charge is 0.444 e. The smallest absolute Gasteiger partial charge is 0.416 e. The van der Waals surface area contributed by atoms with Crippen LogP contribution in [0.5, 0.6) is 0 Å². The Kier molecular flexibility index (Phi) is 4.71. The van der Waals surface area contributed by atoms with Gasteiger partial charge in [-0.15, -0.1) is 0 Å². The Balaban J connectivity index is 1.85. The van der Waals surface area contributed by atoms with Crippen LogP contribution in [0, 0.1) is 0 Å². The van der Waals surface area contributed by atoms with Crippen LogP contribution in [0.1, 0.15) is 37.9 Å². The van der Waals surface area contributed by atoms with Gasteiger partial charge in [0.25, 0.3) is 0 Å². The van der Waals surface area contributed by atoms with Crippen LogP contribution in [0.25, 0.3) is 0 Å². The van der Waals surface area contributed by atoms with E-state index in [2.05, 4.69) is 31.2 Å². The Bertz CT molecular complexity index is 749. The first-order chi connectivity index (χ1) is 11.5. The van der Waals surface area contributed by atoms with E-state index in [0.717, 1.165) is 15.6 Å². The van der Waals surface area contributed by atoms with E-state index < -0.39 is 0 Å². The van der Waals surface area contributed by atoms with Crippen LogP contribution >= 0.6 is 15.9 Å². The number of rotatable bonds is 4. The Hall–Kier alpha value is -2.15. The molecule has 0 saturated carbocycles. The lowest BCUT2D eigenvalue weighted by Gasteiger charge is -2.30. The third-order valence-electron chi connectivity index (χ3n) is 3.85. The molecule has 7 heteroatoms. The first-order valence-corrected chi connectivity index (χ1v) is 8.59. The number of amides is 1. The van der Waals surface area contributed by atoms with Crippen molar-refractivity contribution < 1.29 is 9.53 Å². The summed E-state index contributed by atoms with van der Waals surface area (Å²) in [5.74, 6) is 1.10. The minimum Gasteiger partial charge on any atom is -0.444 e. The van der Waals surface area contributed by atoms with Gasteiger partial charge < -0.3 is 10.1 Å². The molecule has 0 saturated heterocycles. The molecule has 2 heterocycles. The third-order valence-corrected chi connectivity index (χ3v) is 4.38. The maximum Gasteiger partial charge on any atom is 0.416 e. The summed E-state index contributed by atoms with van der Waals surface area (Å²) in [4.78, 5) is 22.4. The van der Waals surface area contributed by atoms with E-state index in [1.807, 2.05) is 45.0 Å². The van der Waals surface area contributed by atoms with Gasteiger partial charge in [0.15, 0.2) is 0 Å². The minimum atomic E-state index is -0.372. The highest BCUT2D eigenvalue weighted by atomic mass is 79.9. The molecule has 0 radical (unpaired) electrons. The lowest BCUT2D eigenvalue weighted by Crippen LogP contribution is -2.41. The zero-order chi connectivity index (χ0) is 17.3. The number of cyclic esters (lactones) is 1. The highest BCUT2D eigenvalue weighted by Crippen LogP contribution is 2.28. The zero-order valence-electron chi connectivity index (χ0n) is 13.8. The van der Waals surface area contributed by atoms with Gasteiger partial charge in [0, 0.05) is 16.7 Å². The SMILES string of the molecule is CC(C)N1C(=O)OCc2cnc(N[C@@H](C)c3ccc(Br)cc3)nc21. The van der Waals surface area contributed by atoms with Gasteiger partial charge >= 0.3 is 6.09 Å². The summed E-state index contributed by atoms with van der Waals surface area (Å²) in [7, 11) is 0. The van der Waals surface area contributed by atoms with Gasteiger partial charge in [0.05, 0.1) is 11.6 Å². The normalized spacial score (nSPS) is 15.0. The highest BCUT2D eigenvalue weighted by molar-refractivity contribution is 9.10. The van der Waals surface area contributed by atoms with Crippen molar-refractivity contribution in [3.05, 3.63) is 46.1 Å². The molecule has 1 aliphatic rings. The van der Waals surface area contributed by atoms with Crippen molar-refractivity contribution in [1.82, 2.24) is 9.97 Å². The van der Waals surface area contributed by atoms with Crippen LogP contribution < -0.4 is 10.2 Å². The Morgan fingerprint density at radius 3 is 2.62 bits per heavy atom. The van der Waals surface area contributed by atoms with Gasteiger partial charge in [-0.05, 0) is 38.5 Å². The maximum absolute atomic E-state index is 12.0. The second kappa shape index (κ2) is 6.76. The topological polar surface area (TPSA) is 67.4 Å². The number of carbonyl (C=O) groups excluding carboxylic acids is 1. The fourth-order valence-corrected chi connectivity index (χ4v) is 2.82. The summed E-state index contributed by atoms with van der Waals surface area (Å²) in [6.07, 6.45) is 1.34. The Labute approximate surface area is 149 Å². The molecule has 0 unspecified atom stereocenters. The summed E-state index contributed by atoms with van der Waals surface area (Å²) in [5.41, 5.74) is 1.93. The molecule has 1 atom stereocenters. The Morgan fingerprint density at radius 2 is 1.96 bits per heavy atom. The molecule has 24 heavy (non-hydrogen) atoms. The number of nitrogens with one attached hydrogen (secondary N) is 1. The van der Waals surface area contributed by atoms with Crippen LogP contribution in [0.2, 0.25) is 0 Å². The quantitative estimate of drug-likeness (QED) is 0.843. The molecular weight excluding hydrogens is 372 g/mol. The van der Waals surface area contributed by atoms with E-state index in [9.17, 15) is 4.79 Å². The van der Waals surface area contributed by atoms with Crippen molar-refractivity contribution in [1.29, 1.82) is 0 Å². The summed E-state index contributed by atoms with van der Waals surface area (Å²) in [6.45, 7) is 6.10. The number of nitrogens with zero attached hydrogens (tertiary/aromatic N) is 3. The standard InChI is InChI=1S/C17H19BrN4O2/c1-10(2)22-15-13(9-24-17(22)23)8-19-16(21-15)20-11(3)12-4-6-14(18)7-5-12/h4-8,10-11H,9H2,1-3H3,(H,19,20,21)/t11-/m0/s1. The van der Waals surface area contributed by atoms with Gasteiger partial charge in [-0.25, -0.2) is 9.78 Å². The number of halogens is 1. The molecule has 1 N–H and O–H groups in total. The van der Waals surface area contributed by atoms with Crippen molar-refractivity contribution in [2.75, 3.05) is 10.2 Å².